The largest absolute Gasteiger partial charge is 0.460 e. The van der Waals surface area contributed by atoms with Gasteiger partial charge in [-0.15, -0.1) is 0 Å². The average Bonchev–Trinajstić information content (AvgIpc) is 3.23. The Labute approximate surface area is 200 Å². The normalized spacial score (nSPS) is 15.0. The van der Waals surface area contributed by atoms with Gasteiger partial charge in [0.1, 0.15) is 12.4 Å². The molecule has 184 valence electrons. The molecule has 3 aromatic rings. The van der Waals surface area contributed by atoms with E-state index < -0.39 is 11.7 Å². The summed E-state index contributed by atoms with van der Waals surface area (Å²) < 4.78 is 50.0. The van der Waals surface area contributed by atoms with Gasteiger partial charge in [0.2, 0.25) is 0 Å². The van der Waals surface area contributed by atoms with Gasteiger partial charge in [-0.2, -0.15) is 13.2 Å². The second-order valence-electron chi connectivity index (χ2n) is 8.31. The van der Waals surface area contributed by atoms with E-state index in [0.717, 1.165) is 17.7 Å². The van der Waals surface area contributed by atoms with Crippen LogP contribution in [0.5, 0.6) is 0 Å². The van der Waals surface area contributed by atoms with Gasteiger partial charge >= 0.3 is 12.1 Å². The van der Waals surface area contributed by atoms with Gasteiger partial charge in [-0.25, -0.2) is 0 Å². The van der Waals surface area contributed by atoms with Crippen molar-refractivity contribution in [2.45, 2.75) is 19.2 Å². The monoisotopic (exact) mass is 486 g/mol. The van der Waals surface area contributed by atoms with Crippen LogP contribution in [0, 0.1) is 0 Å². The van der Waals surface area contributed by atoms with Gasteiger partial charge in [-0.05, 0) is 36.2 Å². The summed E-state index contributed by atoms with van der Waals surface area (Å²) in [6.45, 7) is 2.35. The molecular weight excluding hydrogens is 461 g/mol. The number of hydrogen-bond acceptors (Lipinski definition) is 5. The van der Waals surface area contributed by atoms with Crippen molar-refractivity contribution >= 4 is 11.9 Å². The molecule has 9 heteroatoms. The third-order valence-electron chi connectivity index (χ3n) is 5.76. The number of furan rings is 1. The van der Waals surface area contributed by atoms with Crippen LogP contribution in [0.3, 0.4) is 0 Å². The molecule has 1 amide bonds. The molecule has 0 bridgehead atoms. The van der Waals surface area contributed by atoms with Crippen molar-refractivity contribution in [3.8, 4) is 11.3 Å². The highest BCUT2D eigenvalue weighted by molar-refractivity contribution is 5.92. The topological polar surface area (TPSA) is 63.0 Å². The number of amides is 1. The fourth-order valence-electron chi connectivity index (χ4n) is 3.91. The summed E-state index contributed by atoms with van der Waals surface area (Å²) in [5.74, 6) is -0.410. The first kappa shape index (κ1) is 24.5. The highest BCUT2D eigenvalue weighted by Crippen LogP contribution is 2.32. The lowest BCUT2D eigenvalue weighted by molar-refractivity contribution is -0.146. The lowest BCUT2D eigenvalue weighted by Crippen LogP contribution is -2.37. The third kappa shape index (κ3) is 6.51. The van der Waals surface area contributed by atoms with Crippen LogP contribution < -0.4 is 0 Å². The molecule has 1 aromatic heterocycles. The Kier molecular flexibility index (Phi) is 7.55. The second-order valence-corrected chi connectivity index (χ2v) is 8.31. The van der Waals surface area contributed by atoms with E-state index >= 15 is 0 Å². The minimum absolute atomic E-state index is 0.0631. The molecule has 1 fully saturated rings. The number of ether oxygens (including phenoxy) is 1. The molecule has 1 aliphatic heterocycles. The van der Waals surface area contributed by atoms with E-state index in [1.165, 1.54) is 24.3 Å². The molecule has 1 saturated heterocycles. The van der Waals surface area contributed by atoms with E-state index in [1.54, 1.807) is 4.90 Å². The fourth-order valence-corrected chi connectivity index (χ4v) is 3.91. The first-order valence-electron chi connectivity index (χ1n) is 11.3. The van der Waals surface area contributed by atoms with Gasteiger partial charge < -0.3 is 14.1 Å². The second kappa shape index (κ2) is 10.8. The maximum atomic E-state index is 13.0. The Morgan fingerprint density at radius 3 is 2.49 bits per heavy atom. The van der Waals surface area contributed by atoms with Crippen LogP contribution in [0.15, 0.2) is 71.1 Å². The van der Waals surface area contributed by atoms with Crippen LogP contribution in [0.1, 0.15) is 28.1 Å². The number of halogens is 3. The molecule has 6 nitrogen and oxygen atoms in total. The van der Waals surface area contributed by atoms with Gasteiger partial charge in [-0.3, -0.25) is 14.5 Å². The van der Waals surface area contributed by atoms with E-state index in [1.807, 2.05) is 35.2 Å². The molecule has 0 aliphatic carbocycles. The van der Waals surface area contributed by atoms with Crippen molar-refractivity contribution in [3.63, 3.8) is 0 Å². The molecule has 0 atom stereocenters. The number of carbonyl (C=O) groups is 2. The minimum Gasteiger partial charge on any atom is -0.460 e. The molecule has 1 aliphatic rings. The van der Waals surface area contributed by atoms with Crippen molar-refractivity contribution < 1.29 is 31.9 Å². The van der Waals surface area contributed by atoms with Crippen LogP contribution >= 0.6 is 0 Å². The van der Waals surface area contributed by atoms with Crippen molar-refractivity contribution in [1.82, 2.24) is 9.80 Å². The van der Waals surface area contributed by atoms with Gasteiger partial charge in [-0.1, -0.05) is 42.5 Å². The molecule has 0 N–H and O–H groups in total. The number of nitrogens with zero attached hydrogens (tertiary/aromatic N) is 2. The smallest absolute Gasteiger partial charge is 0.416 e. The number of carbonyl (C=O) groups excluding carboxylic acids is 2. The van der Waals surface area contributed by atoms with Crippen molar-refractivity contribution in [2.75, 3.05) is 32.7 Å². The summed E-state index contributed by atoms with van der Waals surface area (Å²) in [4.78, 5) is 28.8. The number of esters is 1. The molecular formula is C26H25F3N2O4. The van der Waals surface area contributed by atoms with Crippen molar-refractivity contribution in [1.29, 1.82) is 0 Å². The quantitative estimate of drug-likeness (QED) is 0.466. The van der Waals surface area contributed by atoms with E-state index in [-0.39, 0.29) is 42.1 Å². The van der Waals surface area contributed by atoms with Crippen LogP contribution in [-0.2, 0) is 22.3 Å². The van der Waals surface area contributed by atoms with Crippen LogP contribution in [0.4, 0.5) is 13.2 Å². The van der Waals surface area contributed by atoms with Crippen molar-refractivity contribution in [2.24, 2.45) is 0 Å². The molecule has 0 unspecified atom stereocenters. The predicted octanol–water partition coefficient (Wildman–Crippen LogP) is 4.86. The van der Waals surface area contributed by atoms with E-state index in [2.05, 4.69) is 0 Å². The molecule has 2 aromatic carbocycles. The highest BCUT2D eigenvalue weighted by atomic mass is 19.4. The third-order valence-corrected chi connectivity index (χ3v) is 5.76. The summed E-state index contributed by atoms with van der Waals surface area (Å²) in [5, 5.41) is 0. The first-order valence-corrected chi connectivity index (χ1v) is 11.3. The molecule has 4 rings (SSSR count). The SMILES string of the molecule is O=C(CN1CCCN(C(=O)c2ccc(-c3cccc(C(F)(F)F)c3)o2)CC1)OCc1ccccc1. The fraction of sp³-hybridized carbons (Fsp3) is 0.308. The Hall–Kier alpha value is -3.59. The van der Waals surface area contributed by atoms with E-state index in [9.17, 15) is 22.8 Å². The maximum Gasteiger partial charge on any atom is 0.416 e. The van der Waals surface area contributed by atoms with E-state index in [4.69, 9.17) is 9.15 Å². The Morgan fingerprint density at radius 2 is 1.71 bits per heavy atom. The Morgan fingerprint density at radius 1 is 0.914 bits per heavy atom. The standard InChI is InChI=1S/C26H25F3N2O4/c27-26(28,29)21-9-4-8-20(16-21)22-10-11-23(35-22)25(33)31-13-5-12-30(14-15-31)17-24(32)34-18-19-6-2-1-3-7-19/h1-4,6-11,16H,5,12-15,17-18H2. The van der Waals surface area contributed by atoms with Crippen LogP contribution in [0.25, 0.3) is 11.3 Å². The molecule has 35 heavy (non-hydrogen) atoms. The molecule has 0 spiro atoms. The summed E-state index contributed by atoms with van der Waals surface area (Å²) in [6, 6.07) is 17.2. The number of rotatable bonds is 6. The average molecular weight is 486 g/mol. The highest BCUT2D eigenvalue weighted by Gasteiger charge is 2.31. The summed E-state index contributed by atoms with van der Waals surface area (Å²) >= 11 is 0. The van der Waals surface area contributed by atoms with Crippen LogP contribution in [-0.4, -0.2) is 54.4 Å². The summed E-state index contributed by atoms with van der Waals surface area (Å²) in [5.41, 5.74) is 0.376. The lowest BCUT2D eigenvalue weighted by Gasteiger charge is -2.20. The first-order chi connectivity index (χ1) is 16.8. The molecule has 2 heterocycles. The summed E-state index contributed by atoms with van der Waals surface area (Å²) in [6.07, 6.45) is -3.80. The van der Waals surface area contributed by atoms with Gasteiger partial charge in [0.25, 0.3) is 5.91 Å². The zero-order chi connectivity index (χ0) is 24.8. The number of hydrogen-bond donors (Lipinski definition) is 0. The zero-order valence-corrected chi connectivity index (χ0v) is 19.0. The zero-order valence-electron chi connectivity index (χ0n) is 19.0. The molecule has 0 radical (unpaired) electrons. The van der Waals surface area contributed by atoms with Gasteiger partial charge in [0, 0.05) is 31.7 Å². The van der Waals surface area contributed by atoms with Gasteiger partial charge in [0.15, 0.2) is 5.76 Å². The number of alkyl halides is 3. The van der Waals surface area contributed by atoms with Crippen molar-refractivity contribution in [3.05, 3.63) is 83.6 Å². The minimum atomic E-state index is -4.47. The lowest BCUT2D eigenvalue weighted by atomic mass is 10.1. The molecule has 0 saturated carbocycles. The van der Waals surface area contributed by atoms with E-state index in [0.29, 0.717) is 32.6 Å². The van der Waals surface area contributed by atoms with Crippen LogP contribution in [0.2, 0.25) is 0 Å². The number of benzene rings is 2. The maximum absolute atomic E-state index is 13.0. The summed E-state index contributed by atoms with van der Waals surface area (Å²) in [7, 11) is 0. The Bertz CT molecular complexity index is 1160. The van der Waals surface area contributed by atoms with Gasteiger partial charge in [0.05, 0.1) is 12.1 Å². The Balaban J connectivity index is 1.32. The predicted molar refractivity (Wildman–Crippen MR) is 122 cm³/mol.